The number of carbonyl (C=O) groups excluding carboxylic acids is 1. The number of para-hydroxylation sites is 1. The van der Waals surface area contributed by atoms with Gasteiger partial charge >= 0.3 is 0 Å². The molecule has 6 nitrogen and oxygen atoms in total. The molecular formula is C22H23N5O. The normalized spacial score (nSPS) is 15.2. The SMILES string of the molecule is N#Cc1ccc(CN2CCCN(CC(=O)Nc3ccccc3C#N)CC2)cc1. The van der Waals surface area contributed by atoms with Crippen molar-refractivity contribution >= 4 is 11.6 Å². The first-order chi connectivity index (χ1) is 13.7. The summed E-state index contributed by atoms with van der Waals surface area (Å²) in [5.74, 6) is -0.0942. The number of anilines is 1. The average Bonchev–Trinajstić information content (AvgIpc) is 2.94. The van der Waals surface area contributed by atoms with Crippen molar-refractivity contribution in [3.05, 3.63) is 65.2 Å². The number of amides is 1. The largest absolute Gasteiger partial charge is 0.324 e. The third kappa shape index (κ3) is 5.40. The molecular weight excluding hydrogens is 350 g/mol. The van der Waals surface area contributed by atoms with Crippen LogP contribution in [0.4, 0.5) is 5.69 Å². The molecule has 28 heavy (non-hydrogen) atoms. The summed E-state index contributed by atoms with van der Waals surface area (Å²) in [6, 6.07) is 19.0. The molecule has 1 N–H and O–H groups in total. The third-order valence-corrected chi connectivity index (χ3v) is 4.86. The molecule has 0 aliphatic carbocycles. The molecule has 0 aromatic heterocycles. The van der Waals surface area contributed by atoms with Crippen molar-refractivity contribution in [3.63, 3.8) is 0 Å². The Balaban J connectivity index is 1.50. The number of nitrogens with one attached hydrogen (secondary N) is 1. The molecule has 0 atom stereocenters. The van der Waals surface area contributed by atoms with Crippen LogP contribution in [0.25, 0.3) is 0 Å². The molecule has 2 aromatic carbocycles. The second-order valence-electron chi connectivity index (χ2n) is 6.92. The molecule has 1 aliphatic rings. The van der Waals surface area contributed by atoms with E-state index in [1.54, 1.807) is 18.2 Å². The Morgan fingerprint density at radius 1 is 0.929 bits per heavy atom. The maximum Gasteiger partial charge on any atom is 0.238 e. The molecule has 0 saturated carbocycles. The Morgan fingerprint density at radius 3 is 2.39 bits per heavy atom. The van der Waals surface area contributed by atoms with Gasteiger partial charge in [0.15, 0.2) is 0 Å². The molecule has 1 heterocycles. The molecule has 0 radical (unpaired) electrons. The van der Waals surface area contributed by atoms with Gasteiger partial charge in [-0.25, -0.2) is 0 Å². The van der Waals surface area contributed by atoms with Gasteiger partial charge in [0.05, 0.1) is 29.4 Å². The molecule has 1 amide bonds. The van der Waals surface area contributed by atoms with Gasteiger partial charge < -0.3 is 5.32 Å². The van der Waals surface area contributed by atoms with Crippen molar-refractivity contribution in [1.29, 1.82) is 10.5 Å². The van der Waals surface area contributed by atoms with Crippen LogP contribution in [0, 0.1) is 22.7 Å². The van der Waals surface area contributed by atoms with Gasteiger partial charge in [0, 0.05) is 19.6 Å². The number of hydrogen-bond acceptors (Lipinski definition) is 5. The minimum atomic E-state index is -0.0942. The lowest BCUT2D eigenvalue weighted by Crippen LogP contribution is -2.36. The van der Waals surface area contributed by atoms with Gasteiger partial charge in [0.25, 0.3) is 0 Å². The van der Waals surface area contributed by atoms with Crippen LogP contribution in [0.3, 0.4) is 0 Å². The Labute approximate surface area is 165 Å². The van der Waals surface area contributed by atoms with Gasteiger partial charge in [-0.15, -0.1) is 0 Å². The highest BCUT2D eigenvalue weighted by atomic mass is 16.2. The summed E-state index contributed by atoms with van der Waals surface area (Å²) >= 11 is 0. The van der Waals surface area contributed by atoms with E-state index in [0.29, 0.717) is 23.4 Å². The number of nitriles is 2. The van der Waals surface area contributed by atoms with Crippen LogP contribution in [0.5, 0.6) is 0 Å². The van der Waals surface area contributed by atoms with Gasteiger partial charge in [-0.2, -0.15) is 10.5 Å². The van der Waals surface area contributed by atoms with E-state index in [1.165, 1.54) is 5.56 Å². The van der Waals surface area contributed by atoms with Crippen LogP contribution < -0.4 is 5.32 Å². The van der Waals surface area contributed by atoms with Crippen molar-refractivity contribution < 1.29 is 4.79 Å². The van der Waals surface area contributed by atoms with Crippen LogP contribution in [0.2, 0.25) is 0 Å². The van der Waals surface area contributed by atoms with Crippen LogP contribution in [-0.4, -0.2) is 48.4 Å². The predicted octanol–water partition coefficient (Wildman–Crippen LogP) is 2.58. The average molecular weight is 373 g/mol. The predicted molar refractivity (Wildman–Crippen MR) is 107 cm³/mol. The number of hydrogen-bond donors (Lipinski definition) is 1. The topological polar surface area (TPSA) is 83.2 Å². The van der Waals surface area contributed by atoms with E-state index >= 15 is 0 Å². The number of nitrogens with zero attached hydrogens (tertiary/aromatic N) is 4. The minimum absolute atomic E-state index is 0.0942. The summed E-state index contributed by atoms with van der Waals surface area (Å²) in [5.41, 5.74) is 2.90. The summed E-state index contributed by atoms with van der Waals surface area (Å²) < 4.78 is 0. The van der Waals surface area contributed by atoms with Crippen molar-refractivity contribution in [2.45, 2.75) is 13.0 Å². The first-order valence-corrected chi connectivity index (χ1v) is 9.40. The summed E-state index contributed by atoms with van der Waals surface area (Å²) in [6.07, 6.45) is 0.998. The zero-order valence-corrected chi connectivity index (χ0v) is 15.8. The molecule has 0 spiro atoms. The molecule has 1 fully saturated rings. The minimum Gasteiger partial charge on any atom is -0.324 e. The summed E-state index contributed by atoms with van der Waals surface area (Å²) in [4.78, 5) is 16.9. The smallest absolute Gasteiger partial charge is 0.238 e. The second kappa shape index (κ2) is 9.66. The van der Waals surface area contributed by atoms with E-state index in [4.69, 9.17) is 10.5 Å². The Kier molecular flexibility index (Phi) is 6.75. The fourth-order valence-electron chi connectivity index (χ4n) is 3.37. The van der Waals surface area contributed by atoms with Gasteiger partial charge in [0.2, 0.25) is 5.91 Å². The summed E-state index contributed by atoms with van der Waals surface area (Å²) in [7, 11) is 0. The maximum absolute atomic E-state index is 12.4. The van der Waals surface area contributed by atoms with E-state index in [1.807, 2.05) is 30.3 Å². The highest BCUT2D eigenvalue weighted by Crippen LogP contribution is 2.14. The van der Waals surface area contributed by atoms with Crippen molar-refractivity contribution in [2.75, 3.05) is 38.0 Å². The summed E-state index contributed by atoms with van der Waals surface area (Å²) in [6.45, 7) is 4.74. The molecule has 3 rings (SSSR count). The van der Waals surface area contributed by atoms with E-state index < -0.39 is 0 Å². The fraction of sp³-hybridized carbons (Fsp3) is 0.318. The highest BCUT2D eigenvalue weighted by Gasteiger charge is 2.17. The Bertz CT molecular complexity index is 894. The van der Waals surface area contributed by atoms with Gasteiger partial charge in [0.1, 0.15) is 6.07 Å². The van der Waals surface area contributed by atoms with Crippen LogP contribution >= 0.6 is 0 Å². The van der Waals surface area contributed by atoms with E-state index in [9.17, 15) is 4.79 Å². The highest BCUT2D eigenvalue weighted by molar-refractivity contribution is 5.93. The lowest BCUT2D eigenvalue weighted by molar-refractivity contribution is -0.117. The standard InChI is InChI=1S/C22H23N5O/c23-14-18-6-8-19(9-7-18)16-26-10-3-11-27(13-12-26)17-22(28)25-21-5-2-1-4-20(21)15-24/h1-2,4-9H,3,10-13,16-17H2,(H,25,28). The van der Waals surface area contributed by atoms with Crippen molar-refractivity contribution in [3.8, 4) is 12.1 Å². The fourth-order valence-corrected chi connectivity index (χ4v) is 3.37. The van der Waals surface area contributed by atoms with Gasteiger partial charge in [-0.3, -0.25) is 14.6 Å². The molecule has 1 saturated heterocycles. The second-order valence-corrected chi connectivity index (χ2v) is 6.92. The monoisotopic (exact) mass is 373 g/mol. The summed E-state index contributed by atoms with van der Waals surface area (Å²) in [5, 5.41) is 20.9. The van der Waals surface area contributed by atoms with Gasteiger partial charge in [-0.1, -0.05) is 24.3 Å². The Hall–Kier alpha value is -3.19. The van der Waals surface area contributed by atoms with Crippen molar-refractivity contribution in [1.82, 2.24) is 9.80 Å². The molecule has 142 valence electrons. The van der Waals surface area contributed by atoms with Crippen molar-refractivity contribution in [2.24, 2.45) is 0 Å². The number of rotatable bonds is 5. The van der Waals surface area contributed by atoms with Crippen LogP contribution in [-0.2, 0) is 11.3 Å². The molecule has 6 heteroatoms. The molecule has 2 aromatic rings. The number of carbonyl (C=O) groups is 1. The third-order valence-electron chi connectivity index (χ3n) is 4.86. The molecule has 0 bridgehead atoms. The Morgan fingerprint density at radius 2 is 1.64 bits per heavy atom. The number of benzene rings is 2. The van der Waals surface area contributed by atoms with Crippen LogP contribution in [0.1, 0.15) is 23.1 Å². The lowest BCUT2D eigenvalue weighted by Gasteiger charge is -2.21. The molecule has 1 aliphatic heterocycles. The maximum atomic E-state index is 12.4. The quantitative estimate of drug-likeness (QED) is 0.871. The first-order valence-electron chi connectivity index (χ1n) is 9.40. The van der Waals surface area contributed by atoms with E-state index in [-0.39, 0.29) is 5.91 Å². The van der Waals surface area contributed by atoms with E-state index in [0.717, 1.165) is 39.1 Å². The lowest BCUT2D eigenvalue weighted by atomic mass is 10.1. The molecule has 0 unspecified atom stereocenters. The zero-order valence-electron chi connectivity index (χ0n) is 15.8. The van der Waals surface area contributed by atoms with Crippen LogP contribution in [0.15, 0.2) is 48.5 Å². The van der Waals surface area contributed by atoms with E-state index in [2.05, 4.69) is 27.3 Å². The first kappa shape index (κ1) is 19.6. The zero-order chi connectivity index (χ0) is 19.8. The van der Waals surface area contributed by atoms with Gasteiger partial charge in [-0.05, 0) is 49.3 Å².